The zero-order valence-electron chi connectivity index (χ0n) is 9.28. The fourth-order valence-electron chi connectivity index (χ4n) is 2.35. The number of hydrogen-bond donors (Lipinski definition) is 1. The van der Waals surface area contributed by atoms with Gasteiger partial charge in [0, 0.05) is 26.2 Å². The quantitative estimate of drug-likeness (QED) is 0.759. The Balaban J connectivity index is 1.80. The van der Waals surface area contributed by atoms with E-state index in [4.69, 9.17) is 19.3 Å². The smallest absolute Gasteiger partial charge is 0.166 e. The summed E-state index contributed by atoms with van der Waals surface area (Å²) in [6.07, 6.45) is 2.72. The maximum Gasteiger partial charge on any atom is 0.166 e. The SMILES string of the molecule is CC1(CC2CCOC2)OCC(CCO)O1. The van der Waals surface area contributed by atoms with Crippen LogP contribution in [-0.4, -0.2) is 43.4 Å². The normalized spacial score (nSPS) is 41.2. The molecule has 3 atom stereocenters. The molecule has 0 aliphatic carbocycles. The fourth-order valence-corrected chi connectivity index (χ4v) is 2.35. The summed E-state index contributed by atoms with van der Waals surface area (Å²) in [4.78, 5) is 0. The minimum absolute atomic E-state index is 0.0577. The third-order valence-corrected chi connectivity index (χ3v) is 3.13. The lowest BCUT2D eigenvalue weighted by atomic mass is 9.99. The third kappa shape index (κ3) is 2.91. The van der Waals surface area contributed by atoms with Gasteiger partial charge in [-0.1, -0.05) is 0 Å². The Kier molecular flexibility index (Phi) is 3.61. The van der Waals surface area contributed by atoms with Gasteiger partial charge in [0.15, 0.2) is 5.79 Å². The van der Waals surface area contributed by atoms with Gasteiger partial charge in [0.2, 0.25) is 0 Å². The molecule has 15 heavy (non-hydrogen) atoms. The minimum atomic E-state index is -0.460. The molecule has 3 unspecified atom stereocenters. The predicted octanol–water partition coefficient (Wildman–Crippen LogP) is 0.927. The summed E-state index contributed by atoms with van der Waals surface area (Å²) < 4.78 is 16.8. The molecule has 0 aromatic heterocycles. The Morgan fingerprint density at radius 3 is 2.93 bits per heavy atom. The second-order valence-corrected chi connectivity index (χ2v) is 4.63. The monoisotopic (exact) mass is 216 g/mol. The lowest BCUT2D eigenvalue weighted by Gasteiger charge is -2.25. The van der Waals surface area contributed by atoms with E-state index in [0.29, 0.717) is 18.9 Å². The van der Waals surface area contributed by atoms with Crippen molar-refractivity contribution in [3.05, 3.63) is 0 Å². The van der Waals surface area contributed by atoms with E-state index in [2.05, 4.69) is 0 Å². The summed E-state index contributed by atoms with van der Waals surface area (Å²) in [6, 6.07) is 0. The predicted molar refractivity (Wildman–Crippen MR) is 54.5 cm³/mol. The first-order chi connectivity index (χ1) is 7.22. The fraction of sp³-hybridized carbons (Fsp3) is 1.00. The number of aliphatic hydroxyl groups excluding tert-OH is 1. The highest BCUT2D eigenvalue weighted by Crippen LogP contribution is 2.33. The maximum atomic E-state index is 8.83. The van der Waals surface area contributed by atoms with Gasteiger partial charge >= 0.3 is 0 Å². The van der Waals surface area contributed by atoms with Gasteiger partial charge in [-0.05, 0) is 25.7 Å². The molecule has 0 bridgehead atoms. The van der Waals surface area contributed by atoms with Crippen LogP contribution in [0.25, 0.3) is 0 Å². The van der Waals surface area contributed by atoms with Crippen molar-refractivity contribution >= 4 is 0 Å². The van der Waals surface area contributed by atoms with Crippen molar-refractivity contribution in [1.29, 1.82) is 0 Å². The third-order valence-electron chi connectivity index (χ3n) is 3.13. The summed E-state index contributed by atoms with van der Waals surface area (Å²) in [5.74, 6) is 0.0981. The average molecular weight is 216 g/mol. The molecule has 2 aliphatic heterocycles. The molecule has 4 nitrogen and oxygen atoms in total. The van der Waals surface area contributed by atoms with Crippen molar-refractivity contribution in [1.82, 2.24) is 0 Å². The van der Waals surface area contributed by atoms with E-state index in [1.54, 1.807) is 0 Å². The number of rotatable bonds is 4. The molecule has 0 aromatic carbocycles. The molecule has 0 spiro atoms. The summed E-state index contributed by atoms with van der Waals surface area (Å²) in [6.45, 7) is 4.44. The van der Waals surface area contributed by atoms with E-state index in [1.807, 2.05) is 6.92 Å². The average Bonchev–Trinajstić information content (AvgIpc) is 2.78. The second kappa shape index (κ2) is 4.78. The van der Waals surface area contributed by atoms with E-state index in [9.17, 15) is 0 Å². The molecule has 0 saturated carbocycles. The molecule has 4 heteroatoms. The van der Waals surface area contributed by atoms with Gasteiger partial charge in [-0.3, -0.25) is 0 Å². The van der Waals surface area contributed by atoms with Gasteiger partial charge < -0.3 is 19.3 Å². The second-order valence-electron chi connectivity index (χ2n) is 4.63. The van der Waals surface area contributed by atoms with Crippen LogP contribution in [0.1, 0.15) is 26.2 Å². The molecular formula is C11H20O4. The highest BCUT2D eigenvalue weighted by Gasteiger charge is 2.39. The van der Waals surface area contributed by atoms with Gasteiger partial charge in [-0.2, -0.15) is 0 Å². The number of hydrogen-bond acceptors (Lipinski definition) is 4. The molecule has 88 valence electrons. The molecule has 2 fully saturated rings. The summed E-state index contributed by atoms with van der Waals surface area (Å²) in [5.41, 5.74) is 0. The van der Waals surface area contributed by atoms with E-state index in [-0.39, 0.29) is 12.7 Å². The topological polar surface area (TPSA) is 47.9 Å². The van der Waals surface area contributed by atoms with E-state index < -0.39 is 5.79 Å². The lowest BCUT2D eigenvalue weighted by Crippen LogP contribution is -2.30. The van der Waals surface area contributed by atoms with Gasteiger partial charge in [-0.25, -0.2) is 0 Å². The van der Waals surface area contributed by atoms with Crippen LogP contribution in [0.2, 0.25) is 0 Å². The first-order valence-corrected chi connectivity index (χ1v) is 5.72. The molecule has 2 saturated heterocycles. The molecule has 2 aliphatic rings. The highest BCUT2D eigenvalue weighted by atomic mass is 16.7. The molecule has 0 radical (unpaired) electrons. The molecule has 0 aromatic rings. The van der Waals surface area contributed by atoms with Crippen LogP contribution in [0.4, 0.5) is 0 Å². The largest absolute Gasteiger partial charge is 0.396 e. The van der Waals surface area contributed by atoms with Crippen LogP contribution in [0.5, 0.6) is 0 Å². The minimum Gasteiger partial charge on any atom is -0.396 e. The zero-order chi connectivity index (χ0) is 10.7. The van der Waals surface area contributed by atoms with Crippen molar-refractivity contribution in [2.75, 3.05) is 26.4 Å². The molecule has 1 N–H and O–H groups in total. The van der Waals surface area contributed by atoms with Gasteiger partial charge in [0.25, 0.3) is 0 Å². The van der Waals surface area contributed by atoms with Crippen molar-refractivity contribution in [2.24, 2.45) is 5.92 Å². The van der Waals surface area contributed by atoms with Gasteiger partial charge in [0.05, 0.1) is 12.7 Å². The summed E-state index contributed by atoms with van der Waals surface area (Å²) in [5, 5.41) is 8.83. The van der Waals surface area contributed by atoms with E-state index in [1.165, 1.54) is 0 Å². The van der Waals surface area contributed by atoms with Crippen molar-refractivity contribution in [3.63, 3.8) is 0 Å². The van der Waals surface area contributed by atoms with Crippen LogP contribution in [0.3, 0.4) is 0 Å². The maximum absolute atomic E-state index is 8.83. The Morgan fingerprint density at radius 2 is 2.27 bits per heavy atom. The number of ether oxygens (including phenoxy) is 3. The van der Waals surface area contributed by atoms with Crippen LogP contribution in [0.15, 0.2) is 0 Å². The Bertz CT molecular complexity index is 203. The first-order valence-electron chi connectivity index (χ1n) is 5.72. The first kappa shape index (κ1) is 11.3. The molecule has 2 heterocycles. The molecular weight excluding hydrogens is 196 g/mol. The standard InChI is InChI=1S/C11H20O4/c1-11(6-9-3-5-13-7-9)14-8-10(15-11)2-4-12/h9-10,12H,2-8H2,1H3. The van der Waals surface area contributed by atoms with Crippen molar-refractivity contribution < 1.29 is 19.3 Å². The Labute approximate surface area is 90.5 Å². The van der Waals surface area contributed by atoms with Gasteiger partial charge in [-0.15, -0.1) is 0 Å². The van der Waals surface area contributed by atoms with Crippen LogP contribution < -0.4 is 0 Å². The molecule has 2 rings (SSSR count). The van der Waals surface area contributed by atoms with Crippen molar-refractivity contribution in [3.8, 4) is 0 Å². The summed E-state index contributed by atoms with van der Waals surface area (Å²) >= 11 is 0. The Hall–Kier alpha value is -0.160. The number of aliphatic hydroxyl groups is 1. The lowest BCUT2D eigenvalue weighted by molar-refractivity contribution is -0.167. The highest BCUT2D eigenvalue weighted by molar-refractivity contribution is 4.79. The zero-order valence-corrected chi connectivity index (χ0v) is 9.28. The van der Waals surface area contributed by atoms with Crippen LogP contribution >= 0.6 is 0 Å². The Morgan fingerprint density at radius 1 is 1.40 bits per heavy atom. The van der Waals surface area contributed by atoms with Crippen molar-refractivity contribution in [2.45, 2.75) is 38.1 Å². The van der Waals surface area contributed by atoms with Crippen LogP contribution in [0, 0.1) is 5.92 Å². The summed E-state index contributed by atoms with van der Waals surface area (Å²) in [7, 11) is 0. The van der Waals surface area contributed by atoms with Gasteiger partial charge in [0.1, 0.15) is 0 Å². The van der Waals surface area contributed by atoms with E-state index >= 15 is 0 Å². The molecule has 0 amide bonds. The van der Waals surface area contributed by atoms with E-state index in [0.717, 1.165) is 26.1 Å². The van der Waals surface area contributed by atoms with Crippen LogP contribution in [-0.2, 0) is 14.2 Å².